The van der Waals surface area contributed by atoms with Crippen molar-refractivity contribution < 1.29 is 4.74 Å². The van der Waals surface area contributed by atoms with Gasteiger partial charge in [0.05, 0.1) is 12.6 Å². The number of likely N-dealkylation sites (N-methyl/N-ethyl adjacent to an activating group) is 1. The number of rotatable bonds is 3. The van der Waals surface area contributed by atoms with Crippen LogP contribution in [0.4, 0.5) is 5.82 Å². The maximum absolute atomic E-state index is 5.52. The molecule has 0 radical (unpaired) electrons. The Labute approximate surface area is 100 Å². The van der Waals surface area contributed by atoms with Gasteiger partial charge in [-0.2, -0.15) is 0 Å². The zero-order valence-corrected chi connectivity index (χ0v) is 10.0. The van der Waals surface area contributed by atoms with Gasteiger partial charge >= 0.3 is 0 Å². The summed E-state index contributed by atoms with van der Waals surface area (Å²) in [6.07, 6.45) is 2.76. The van der Waals surface area contributed by atoms with Crippen molar-refractivity contribution in [3.05, 3.63) is 23.9 Å². The van der Waals surface area contributed by atoms with Gasteiger partial charge in [0.1, 0.15) is 10.8 Å². The molecule has 1 fully saturated rings. The Bertz CT molecular complexity index is 373. The number of ether oxygens (including phenoxy) is 1. The van der Waals surface area contributed by atoms with Gasteiger partial charge in [0.2, 0.25) is 0 Å². The van der Waals surface area contributed by atoms with Gasteiger partial charge in [0.25, 0.3) is 0 Å². The third-order valence-electron chi connectivity index (χ3n) is 2.85. The highest BCUT2D eigenvalue weighted by atomic mass is 32.1. The van der Waals surface area contributed by atoms with Crippen LogP contribution in [0.3, 0.4) is 0 Å². The summed E-state index contributed by atoms with van der Waals surface area (Å²) in [6, 6.07) is 4.26. The van der Waals surface area contributed by atoms with Crippen LogP contribution in [0.15, 0.2) is 18.3 Å². The van der Waals surface area contributed by atoms with E-state index in [1.807, 2.05) is 19.2 Å². The summed E-state index contributed by atoms with van der Waals surface area (Å²) >= 11 is 4.88. The maximum atomic E-state index is 5.52. The highest BCUT2D eigenvalue weighted by Crippen LogP contribution is 2.17. The quantitative estimate of drug-likeness (QED) is 0.793. The molecule has 16 heavy (non-hydrogen) atoms. The fraction of sp³-hybridized carbons (Fsp3) is 0.455. The van der Waals surface area contributed by atoms with Crippen LogP contribution >= 0.6 is 12.2 Å². The Morgan fingerprint density at radius 3 is 2.94 bits per heavy atom. The molecule has 1 aromatic rings. The summed E-state index contributed by atoms with van der Waals surface area (Å²) in [5, 5.41) is 0. The Kier molecular flexibility index (Phi) is 3.36. The van der Waals surface area contributed by atoms with Crippen molar-refractivity contribution in [2.75, 3.05) is 25.2 Å². The molecule has 1 aliphatic rings. The molecule has 0 amide bonds. The summed E-state index contributed by atoms with van der Waals surface area (Å²) in [7, 11) is 2.03. The lowest BCUT2D eigenvalue weighted by Gasteiger charge is -2.24. The lowest BCUT2D eigenvalue weighted by molar-refractivity contribution is 0.193. The fourth-order valence-electron chi connectivity index (χ4n) is 1.76. The molecule has 0 spiro atoms. The average Bonchev–Trinajstić information content (AvgIpc) is 2.81. The predicted molar refractivity (Wildman–Crippen MR) is 67.8 cm³/mol. The second-order valence-corrected chi connectivity index (χ2v) is 4.34. The number of anilines is 1. The fourth-order valence-corrected chi connectivity index (χ4v) is 1.88. The largest absolute Gasteiger partial charge is 0.389 e. The van der Waals surface area contributed by atoms with Crippen LogP contribution in [0, 0.1) is 0 Å². The first-order valence-corrected chi connectivity index (χ1v) is 5.66. The second-order valence-electron chi connectivity index (χ2n) is 3.90. The van der Waals surface area contributed by atoms with Crippen molar-refractivity contribution >= 4 is 23.0 Å². The molecule has 1 aliphatic heterocycles. The van der Waals surface area contributed by atoms with E-state index < -0.39 is 0 Å². The van der Waals surface area contributed by atoms with Gasteiger partial charge in [-0.25, -0.2) is 4.98 Å². The van der Waals surface area contributed by atoms with Crippen LogP contribution in [0.5, 0.6) is 0 Å². The van der Waals surface area contributed by atoms with E-state index in [4.69, 9.17) is 22.7 Å². The topological polar surface area (TPSA) is 51.4 Å². The predicted octanol–water partition coefficient (Wildman–Crippen LogP) is 0.941. The van der Waals surface area contributed by atoms with E-state index in [0.717, 1.165) is 31.0 Å². The van der Waals surface area contributed by atoms with E-state index in [9.17, 15) is 0 Å². The lowest BCUT2D eigenvalue weighted by atomic mass is 10.2. The zero-order chi connectivity index (χ0) is 11.5. The molecule has 1 saturated heterocycles. The van der Waals surface area contributed by atoms with Crippen LogP contribution in [0.2, 0.25) is 0 Å². The van der Waals surface area contributed by atoms with Gasteiger partial charge in [0, 0.05) is 25.4 Å². The van der Waals surface area contributed by atoms with Crippen molar-refractivity contribution in [1.29, 1.82) is 0 Å². The number of thiocarbonyl (C=S) groups is 1. The van der Waals surface area contributed by atoms with Crippen molar-refractivity contribution in [2.45, 2.75) is 12.5 Å². The average molecular weight is 237 g/mol. The first-order chi connectivity index (χ1) is 7.68. The van der Waals surface area contributed by atoms with Gasteiger partial charge < -0.3 is 15.4 Å². The van der Waals surface area contributed by atoms with Crippen LogP contribution in [-0.4, -0.2) is 36.3 Å². The number of hydrogen-bond acceptors (Lipinski definition) is 4. The SMILES string of the molecule is CN(c1ccc(C(N)=S)cn1)C1CCOC1. The lowest BCUT2D eigenvalue weighted by Crippen LogP contribution is -2.32. The third-order valence-corrected chi connectivity index (χ3v) is 3.08. The van der Waals surface area contributed by atoms with Gasteiger partial charge in [0.15, 0.2) is 0 Å². The molecule has 5 heteroatoms. The first-order valence-electron chi connectivity index (χ1n) is 5.25. The second kappa shape index (κ2) is 4.76. The molecule has 1 unspecified atom stereocenters. The van der Waals surface area contributed by atoms with Crippen molar-refractivity contribution in [2.24, 2.45) is 5.73 Å². The van der Waals surface area contributed by atoms with E-state index >= 15 is 0 Å². The van der Waals surface area contributed by atoms with Crippen LogP contribution in [-0.2, 0) is 4.74 Å². The third kappa shape index (κ3) is 2.31. The summed E-state index contributed by atoms with van der Waals surface area (Å²) in [4.78, 5) is 6.86. The van der Waals surface area contributed by atoms with E-state index in [1.165, 1.54) is 0 Å². The number of nitrogens with two attached hydrogens (primary N) is 1. The van der Waals surface area contributed by atoms with Crippen LogP contribution in [0.25, 0.3) is 0 Å². The molecule has 2 N–H and O–H groups in total. The maximum Gasteiger partial charge on any atom is 0.128 e. The molecule has 1 atom stereocenters. The van der Waals surface area contributed by atoms with Gasteiger partial charge in [-0.15, -0.1) is 0 Å². The molecule has 1 aromatic heterocycles. The Morgan fingerprint density at radius 2 is 2.44 bits per heavy atom. The Balaban J connectivity index is 2.11. The standard InChI is InChI=1S/C11H15N3OS/c1-14(9-4-5-15-7-9)10-3-2-8(6-13-10)11(12)16/h2-3,6,9H,4-5,7H2,1H3,(H2,12,16). The van der Waals surface area contributed by atoms with Crippen LogP contribution < -0.4 is 10.6 Å². The summed E-state index contributed by atoms with van der Waals surface area (Å²) in [5.41, 5.74) is 6.32. The van der Waals surface area contributed by atoms with E-state index in [-0.39, 0.29) is 0 Å². The Morgan fingerprint density at radius 1 is 1.62 bits per heavy atom. The molecule has 0 bridgehead atoms. The van der Waals surface area contributed by atoms with Gasteiger partial charge in [-0.3, -0.25) is 0 Å². The van der Waals surface area contributed by atoms with Crippen molar-refractivity contribution in [1.82, 2.24) is 4.98 Å². The molecular weight excluding hydrogens is 222 g/mol. The summed E-state index contributed by atoms with van der Waals surface area (Å²) < 4.78 is 5.35. The molecule has 0 aromatic carbocycles. The number of aromatic nitrogens is 1. The van der Waals surface area contributed by atoms with E-state index in [2.05, 4.69) is 9.88 Å². The normalized spacial score (nSPS) is 19.7. The molecule has 2 rings (SSSR count). The number of hydrogen-bond donors (Lipinski definition) is 1. The molecule has 0 aliphatic carbocycles. The highest BCUT2D eigenvalue weighted by Gasteiger charge is 2.21. The molecule has 4 nitrogen and oxygen atoms in total. The monoisotopic (exact) mass is 237 g/mol. The first kappa shape index (κ1) is 11.3. The number of pyridine rings is 1. The minimum Gasteiger partial charge on any atom is -0.389 e. The minimum atomic E-state index is 0.380. The van der Waals surface area contributed by atoms with E-state index in [0.29, 0.717) is 11.0 Å². The van der Waals surface area contributed by atoms with Crippen molar-refractivity contribution in [3.63, 3.8) is 0 Å². The molecule has 0 saturated carbocycles. The Hall–Kier alpha value is -1.20. The van der Waals surface area contributed by atoms with E-state index in [1.54, 1.807) is 6.20 Å². The molecule has 2 heterocycles. The minimum absolute atomic E-state index is 0.380. The van der Waals surface area contributed by atoms with Gasteiger partial charge in [-0.1, -0.05) is 12.2 Å². The number of nitrogens with zero attached hydrogens (tertiary/aromatic N) is 2. The highest BCUT2D eigenvalue weighted by molar-refractivity contribution is 7.80. The van der Waals surface area contributed by atoms with Gasteiger partial charge in [-0.05, 0) is 18.6 Å². The summed E-state index contributed by atoms with van der Waals surface area (Å²) in [5.74, 6) is 0.926. The van der Waals surface area contributed by atoms with Crippen LogP contribution in [0.1, 0.15) is 12.0 Å². The zero-order valence-electron chi connectivity index (χ0n) is 9.22. The summed E-state index contributed by atoms with van der Waals surface area (Å²) in [6.45, 7) is 1.61. The molecular formula is C11H15N3OS. The molecule has 86 valence electrons. The smallest absolute Gasteiger partial charge is 0.128 e. The van der Waals surface area contributed by atoms with Crippen molar-refractivity contribution in [3.8, 4) is 0 Å².